The van der Waals surface area contributed by atoms with Crippen LogP contribution in [-0.4, -0.2) is 145 Å². The van der Waals surface area contributed by atoms with Gasteiger partial charge in [0.2, 0.25) is 35.4 Å². The molecule has 0 aliphatic heterocycles. The van der Waals surface area contributed by atoms with Gasteiger partial charge in [-0.25, -0.2) is 4.98 Å². The Morgan fingerprint density at radius 2 is 1.26 bits per heavy atom. The third-order valence-electron chi connectivity index (χ3n) is 8.62. The van der Waals surface area contributed by atoms with Crippen molar-refractivity contribution in [1.82, 2.24) is 47.1 Å². The topological polar surface area (TPSA) is 465 Å². The van der Waals surface area contributed by atoms with E-state index in [0.29, 0.717) is 27.0 Å². The number of aromatic amines is 1. The molecule has 2 aromatic heterocycles. The van der Waals surface area contributed by atoms with Gasteiger partial charge in [-0.05, 0) is 38.0 Å². The Morgan fingerprint density at radius 3 is 1.83 bits per heavy atom. The third-order valence-corrected chi connectivity index (χ3v) is 9.72. The molecule has 354 valence electrons. The number of carboxylic acid groups (broad SMARTS) is 3. The van der Waals surface area contributed by atoms with Crippen LogP contribution in [0, 0.1) is 6.92 Å². The van der Waals surface area contributed by atoms with Crippen LogP contribution in [0.5, 0.6) is 0 Å². The number of nitrogens with one attached hydrogen (secondary N) is 8. The molecule has 2 heterocycles. The van der Waals surface area contributed by atoms with Gasteiger partial charge in [-0.2, -0.15) is 5.10 Å². The zero-order valence-electron chi connectivity index (χ0n) is 34.7. The van der Waals surface area contributed by atoms with E-state index in [-0.39, 0.29) is 36.9 Å². The van der Waals surface area contributed by atoms with Crippen molar-refractivity contribution in [2.24, 2.45) is 22.2 Å². The van der Waals surface area contributed by atoms with Gasteiger partial charge in [0.25, 0.3) is 11.8 Å². The highest BCUT2D eigenvalue weighted by Gasteiger charge is 2.32. The molecule has 0 bridgehead atoms. The predicted octanol–water partition coefficient (Wildman–Crippen LogP) is -4.16. The number of guanidine groups is 1. The second kappa shape index (κ2) is 25.0. The lowest BCUT2D eigenvalue weighted by molar-refractivity contribution is -0.144. The van der Waals surface area contributed by atoms with E-state index >= 15 is 0 Å². The minimum absolute atomic E-state index is 0.0104. The van der Waals surface area contributed by atoms with E-state index in [1.165, 1.54) is 6.07 Å². The number of benzene rings is 1. The Bertz CT molecular complexity index is 2350. The largest absolute Gasteiger partial charge is 0.481 e. The number of hydrogen-bond donors (Lipinski definition) is 14. The first-order valence-corrected chi connectivity index (χ1v) is 20.1. The van der Waals surface area contributed by atoms with Gasteiger partial charge >= 0.3 is 17.9 Å². The lowest BCUT2D eigenvalue weighted by Crippen LogP contribution is -2.58. The first-order chi connectivity index (χ1) is 31.1. The van der Waals surface area contributed by atoms with Gasteiger partial charge in [0.1, 0.15) is 24.2 Å². The number of nitrogens with zero attached hydrogens (tertiary/aromatic N) is 3. The second-order valence-corrected chi connectivity index (χ2v) is 14.8. The summed E-state index contributed by atoms with van der Waals surface area (Å²) in [5.41, 5.74) is 17.0. The fourth-order valence-electron chi connectivity index (χ4n) is 5.53. The summed E-state index contributed by atoms with van der Waals surface area (Å²) in [4.78, 5) is 145. The molecule has 17 N–H and O–H groups in total. The Kier molecular flexibility index (Phi) is 19.6. The number of rotatable bonds is 26. The molecule has 0 saturated carbocycles. The van der Waals surface area contributed by atoms with Crippen molar-refractivity contribution in [1.29, 1.82) is 0 Å². The van der Waals surface area contributed by atoms with Crippen LogP contribution in [0.3, 0.4) is 0 Å². The molecule has 0 aliphatic rings. The van der Waals surface area contributed by atoms with Crippen molar-refractivity contribution in [3.05, 3.63) is 53.3 Å². The number of aliphatic carboxylic acids is 3. The van der Waals surface area contributed by atoms with E-state index in [0.717, 1.165) is 11.3 Å². The Morgan fingerprint density at radius 1 is 0.712 bits per heavy atom. The summed E-state index contributed by atoms with van der Waals surface area (Å²) in [5.74, 6) is -13.4. The zero-order chi connectivity index (χ0) is 49.1. The van der Waals surface area contributed by atoms with Gasteiger partial charge in [-0.15, -0.1) is 0 Å². The van der Waals surface area contributed by atoms with E-state index in [1.807, 2.05) is 16.0 Å². The van der Waals surface area contributed by atoms with Gasteiger partial charge in [0, 0.05) is 12.1 Å². The number of carbonyl (C=O) groups is 11. The minimum atomic E-state index is -2.02. The molecule has 0 spiro atoms. The maximum Gasteiger partial charge on any atom is 0.305 e. The highest BCUT2D eigenvalue weighted by Crippen LogP contribution is 2.32. The minimum Gasteiger partial charge on any atom is -0.481 e. The molecule has 3 rings (SSSR count). The van der Waals surface area contributed by atoms with Crippen LogP contribution in [0.2, 0.25) is 0 Å². The van der Waals surface area contributed by atoms with E-state index in [2.05, 4.69) is 41.4 Å². The van der Waals surface area contributed by atoms with Gasteiger partial charge in [0.05, 0.1) is 48.6 Å². The number of amides is 8. The number of primary amides is 1. The number of carbonyl (C=O) groups excluding carboxylic acids is 8. The Balaban J connectivity index is 1.63. The molecule has 0 unspecified atom stereocenters. The summed E-state index contributed by atoms with van der Waals surface area (Å²) >= 11 is 1.12. The van der Waals surface area contributed by atoms with Crippen LogP contribution in [0.25, 0.3) is 10.6 Å². The second-order valence-electron chi connectivity index (χ2n) is 13.8. The average Bonchev–Trinajstić information content (AvgIpc) is 3.88. The van der Waals surface area contributed by atoms with E-state index in [4.69, 9.17) is 22.3 Å². The van der Waals surface area contributed by atoms with E-state index in [9.17, 15) is 63.0 Å². The van der Waals surface area contributed by atoms with Crippen LogP contribution < -0.4 is 54.4 Å². The SMILES string of the molecule is Cc1nc(NC(=O)c2ccccc2)sc1-c1cc(C(=O)NCC(=O)N[C@H](CCCN=C(N)N)C(=O)NCC(=O)N[C@H](CC(=O)O)C(=O)N[C@H](CC(=O)O)C(=O)N[C@H](CC(=O)O)C(N)=O)n[nH]1. The summed E-state index contributed by atoms with van der Waals surface area (Å²) in [6, 6.07) is 2.65. The lowest BCUT2D eigenvalue weighted by atomic mass is 10.1. The van der Waals surface area contributed by atoms with Crippen molar-refractivity contribution in [3.63, 3.8) is 0 Å². The zero-order valence-corrected chi connectivity index (χ0v) is 35.6. The number of thiazole rings is 1. The third kappa shape index (κ3) is 17.3. The predicted molar refractivity (Wildman–Crippen MR) is 228 cm³/mol. The Labute approximate surface area is 376 Å². The van der Waals surface area contributed by atoms with Crippen molar-refractivity contribution in [2.45, 2.75) is 63.2 Å². The Hall–Kier alpha value is -8.50. The highest BCUT2D eigenvalue weighted by atomic mass is 32.1. The molecular formula is C37H46N14O14S. The van der Waals surface area contributed by atoms with Gasteiger partial charge < -0.3 is 64.4 Å². The molecule has 3 aromatic rings. The maximum atomic E-state index is 13.2. The van der Waals surface area contributed by atoms with E-state index in [1.54, 1.807) is 37.3 Å². The molecule has 0 saturated heterocycles. The van der Waals surface area contributed by atoms with Gasteiger partial charge in [0.15, 0.2) is 16.8 Å². The summed E-state index contributed by atoms with van der Waals surface area (Å²) in [7, 11) is 0. The lowest BCUT2D eigenvalue weighted by Gasteiger charge is -2.23. The first-order valence-electron chi connectivity index (χ1n) is 19.3. The number of carboxylic acids is 3. The quantitative estimate of drug-likeness (QED) is 0.0206. The van der Waals surface area contributed by atoms with Crippen LogP contribution in [0.15, 0.2) is 41.4 Å². The van der Waals surface area contributed by atoms with Crippen molar-refractivity contribution in [2.75, 3.05) is 25.0 Å². The number of anilines is 1. The molecule has 0 radical (unpaired) electrons. The fourth-order valence-corrected chi connectivity index (χ4v) is 6.46. The molecule has 29 heteroatoms. The van der Waals surface area contributed by atoms with Crippen LogP contribution >= 0.6 is 11.3 Å². The number of aryl methyl sites for hydroxylation is 1. The van der Waals surface area contributed by atoms with Crippen LogP contribution in [0.1, 0.15) is 58.6 Å². The number of H-pyrrole nitrogens is 1. The molecule has 4 atom stereocenters. The molecular weight excluding hydrogens is 897 g/mol. The van der Waals surface area contributed by atoms with Gasteiger partial charge in [-0.3, -0.25) is 68.1 Å². The average molecular weight is 943 g/mol. The number of nitrogens with two attached hydrogens (primary N) is 3. The summed E-state index contributed by atoms with van der Waals surface area (Å²) in [5, 5.41) is 50.1. The molecule has 0 fully saturated rings. The highest BCUT2D eigenvalue weighted by molar-refractivity contribution is 7.19. The van der Waals surface area contributed by atoms with E-state index < -0.39 is 116 Å². The van der Waals surface area contributed by atoms with Gasteiger partial charge in [-0.1, -0.05) is 29.5 Å². The smallest absolute Gasteiger partial charge is 0.305 e. The summed E-state index contributed by atoms with van der Waals surface area (Å²) < 4.78 is 0. The molecule has 28 nitrogen and oxygen atoms in total. The fraction of sp³-hybridized carbons (Fsp3) is 0.351. The number of aromatic nitrogens is 3. The van der Waals surface area contributed by atoms with Crippen molar-refractivity contribution >= 4 is 87.6 Å². The summed E-state index contributed by atoms with van der Waals surface area (Å²) in [6.45, 7) is 0.113. The van der Waals surface area contributed by atoms with Crippen molar-refractivity contribution in [3.8, 4) is 10.6 Å². The molecule has 1 aromatic carbocycles. The molecule has 66 heavy (non-hydrogen) atoms. The molecule has 8 amide bonds. The standard InChI is InChI=1S/C37H46N14O14S/c1-16-29(66-37(44-16)49-31(61)17-6-3-2-4-7-17)19-10-23(51-50-19)33(63)43-14-24(52)45-18(8-5-9-41-36(39)40)32(62)42-15-25(53)46-21(12-27(56)57)34(64)48-22(13-28(58)59)35(65)47-20(30(38)60)11-26(54)55/h2-4,6-7,10,18,20-22H,5,8-9,11-15H2,1H3,(H2,38,60)(H,42,62)(H,43,63)(H,45,52)(H,46,53)(H,47,65)(H,48,64)(H,50,51)(H,54,55)(H,56,57)(H,58,59)(H4,39,40,41)(H,44,49,61)/t18-,20-,21-,22-/m1/s1. The number of hydrogen-bond acceptors (Lipinski definition) is 15. The normalized spacial score (nSPS) is 12.4. The van der Waals surface area contributed by atoms with Crippen LogP contribution in [-0.2, 0) is 43.2 Å². The first kappa shape index (κ1) is 51.8. The molecule has 0 aliphatic carbocycles. The summed E-state index contributed by atoms with van der Waals surface area (Å²) in [6.07, 6.45) is -3.27. The monoisotopic (exact) mass is 942 g/mol. The van der Waals surface area contributed by atoms with Crippen LogP contribution in [0.4, 0.5) is 5.13 Å². The van der Waals surface area contributed by atoms with Crippen molar-refractivity contribution < 1.29 is 68.1 Å². The number of aliphatic imine (C=N–C) groups is 1. The maximum absolute atomic E-state index is 13.2.